The van der Waals surface area contributed by atoms with Gasteiger partial charge in [-0.2, -0.15) is 0 Å². The largest absolute Gasteiger partial charge is 0.314 e. The van der Waals surface area contributed by atoms with Crippen LogP contribution in [0.5, 0.6) is 0 Å². The minimum Gasteiger partial charge on any atom is -0.314 e. The number of fused-ring (bicyclic) bond motifs is 1. The molecule has 3 nitrogen and oxygen atoms in total. The number of aromatic nitrogens is 1. The van der Waals surface area contributed by atoms with Crippen LogP contribution < -0.4 is 5.32 Å². The van der Waals surface area contributed by atoms with Gasteiger partial charge in [0.15, 0.2) is 0 Å². The van der Waals surface area contributed by atoms with E-state index in [1.165, 1.54) is 10.9 Å². The molecule has 3 rings (SSSR count). The van der Waals surface area contributed by atoms with Crippen molar-refractivity contribution in [1.29, 1.82) is 0 Å². The van der Waals surface area contributed by atoms with E-state index in [4.69, 9.17) is 0 Å². The maximum Gasteiger partial charge on any atom is 0.0705 e. The van der Waals surface area contributed by atoms with Crippen molar-refractivity contribution in [2.75, 3.05) is 13.1 Å². The summed E-state index contributed by atoms with van der Waals surface area (Å²) in [5.41, 5.74) is 2.47. The summed E-state index contributed by atoms with van der Waals surface area (Å²) in [6.45, 7) is 7.76. The van der Waals surface area contributed by atoms with E-state index in [0.717, 1.165) is 25.2 Å². The van der Waals surface area contributed by atoms with Gasteiger partial charge in [0.1, 0.15) is 0 Å². The molecule has 1 saturated heterocycles. The number of benzene rings is 1. The normalized spacial score (nSPS) is 24.7. The number of hydrogen-bond donors (Lipinski definition) is 1. The van der Waals surface area contributed by atoms with E-state index in [1.54, 1.807) is 0 Å². The van der Waals surface area contributed by atoms with Crippen molar-refractivity contribution < 1.29 is 0 Å². The molecule has 1 aromatic heterocycles. The maximum atomic E-state index is 4.44. The third-order valence-corrected chi connectivity index (χ3v) is 4.10. The lowest BCUT2D eigenvalue weighted by Crippen LogP contribution is -2.54. The summed E-state index contributed by atoms with van der Waals surface area (Å²) in [7, 11) is 0. The highest BCUT2D eigenvalue weighted by Crippen LogP contribution is 2.21. The molecule has 1 aliphatic heterocycles. The summed E-state index contributed by atoms with van der Waals surface area (Å²) in [5, 5.41) is 4.76. The van der Waals surface area contributed by atoms with Crippen LogP contribution in [0, 0.1) is 0 Å². The second-order valence-corrected chi connectivity index (χ2v) is 5.52. The van der Waals surface area contributed by atoms with E-state index < -0.39 is 0 Å². The first-order valence-corrected chi connectivity index (χ1v) is 7.05. The molecule has 2 heterocycles. The van der Waals surface area contributed by atoms with E-state index in [2.05, 4.69) is 59.4 Å². The van der Waals surface area contributed by atoms with E-state index in [1.807, 2.05) is 6.20 Å². The van der Waals surface area contributed by atoms with Crippen LogP contribution in [0.4, 0.5) is 0 Å². The smallest absolute Gasteiger partial charge is 0.0705 e. The van der Waals surface area contributed by atoms with Crippen LogP contribution >= 0.6 is 0 Å². The molecule has 3 heteroatoms. The van der Waals surface area contributed by atoms with Crippen molar-refractivity contribution in [2.45, 2.75) is 32.5 Å². The molecule has 0 spiro atoms. The van der Waals surface area contributed by atoms with Crippen LogP contribution in [0.1, 0.15) is 19.4 Å². The molecule has 2 aromatic rings. The van der Waals surface area contributed by atoms with Gasteiger partial charge in [-0.05, 0) is 31.5 Å². The molecule has 2 unspecified atom stereocenters. The van der Waals surface area contributed by atoms with Gasteiger partial charge >= 0.3 is 0 Å². The molecule has 0 radical (unpaired) electrons. The molecule has 1 fully saturated rings. The van der Waals surface area contributed by atoms with Crippen molar-refractivity contribution in [1.82, 2.24) is 15.2 Å². The average Bonchev–Trinajstić information content (AvgIpc) is 2.43. The highest BCUT2D eigenvalue weighted by atomic mass is 15.2. The van der Waals surface area contributed by atoms with Crippen molar-refractivity contribution in [3.63, 3.8) is 0 Å². The van der Waals surface area contributed by atoms with Crippen LogP contribution in [-0.4, -0.2) is 35.1 Å². The van der Waals surface area contributed by atoms with Crippen molar-refractivity contribution >= 4 is 10.9 Å². The quantitative estimate of drug-likeness (QED) is 0.893. The minimum absolute atomic E-state index is 0.579. The number of nitrogens with zero attached hydrogens (tertiary/aromatic N) is 2. The van der Waals surface area contributed by atoms with Gasteiger partial charge in [-0.1, -0.05) is 18.2 Å². The Kier molecular flexibility index (Phi) is 3.49. The molecular weight excluding hydrogens is 234 g/mol. The molecule has 19 heavy (non-hydrogen) atoms. The van der Waals surface area contributed by atoms with Gasteiger partial charge < -0.3 is 5.32 Å². The van der Waals surface area contributed by atoms with Crippen LogP contribution in [0.2, 0.25) is 0 Å². The van der Waals surface area contributed by atoms with Gasteiger partial charge in [0, 0.05) is 43.3 Å². The predicted octanol–water partition coefficient (Wildman–Crippen LogP) is 2.42. The summed E-state index contributed by atoms with van der Waals surface area (Å²) in [5.74, 6) is 0. The topological polar surface area (TPSA) is 28.2 Å². The van der Waals surface area contributed by atoms with Gasteiger partial charge in [-0.15, -0.1) is 0 Å². The molecular formula is C16H21N3. The molecule has 0 aliphatic carbocycles. The Morgan fingerprint density at radius 1 is 1.16 bits per heavy atom. The fourth-order valence-electron chi connectivity index (χ4n) is 2.97. The first kappa shape index (κ1) is 12.6. The second kappa shape index (κ2) is 5.27. The van der Waals surface area contributed by atoms with E-state index in [9.17, 15) is 0 Å². The number of hydrogen-bond acceptors (Lipinski definition) is 3. The number of nitrogens with one attached hydrogen (secondary N) is 1. The standard InChI is InChI=1S/C16H21N3/c1-12-9-17-10-13(2)19(12)11-14-7-8-18-16-6-4-3-5-15(14)16/h3-8,12-13,17H,9-11H2,1-2H3. The summed E-state index contributed by atoms with van der Waals surface area (Å²) >= 11 is 0. The number of piperazine rings is 1. The zero-order valence-corrected chi connectivity index (χ0v) is 11.6. The Balaban J connectivity index is 1.92. The average molecular weight is 255 g/mol. The van der Waals surface area contributed by atoms with Crippen molar-refractivity contribution in [2.24, 2.45) is 0 Å². The van der Waals surface area contributed by atoms with Gasteiger partial charge in [-0.3, -0.25) is 9.88 Å². The van der Waals surface area contributed by atoms with E-state index >= 15 is 0 Å². The fourth-order valence-corrected chi connectivity index (χ4v) is 2.97. The lowest BCUT2D eigenvalue weighted by atomic mass is 10.0. The molecule has 1 N–H and O–H groups in total. The van der Waals surface area contributed by atoms with Gasteiger partial charge in [-0.25, -0.2) is 0 Å². The lowest BCUT2D eigenvalue weighted by Gasteiger charge is -2.39. The highest BCUT2D eigenvalue weighted by molar-refractivity contribution is 5.81. The first-order valence-electron chi connectivity index (χ1n) is 7.05. The van der Waals surface area contributed by atoms with Crippen molar-refractivity contribution in [3.8, 4) is 0 Å². The van der Waals surface area contributed by atoms with E-state index in [0.29, 0.717) is 12.1 Å². The maximum absolute atomic E-state index is 4.44. The van der Waals surface area contributed by atoms with Crippen molar-refractivity contribution in [3.05, 3.63) is 42.1 Å². The summed E-state index contributed by atoms with van der Waals surface area (Å²) in [4.78, 5) is 7.02. The second-order valence-electron chi connectivity index (χ2n) is 5.52. The fraction of sp³-hybridized carbons (Fsp3) is 0.438. The van der Waals surface area contributed by atoms with Crippen LogP contribution in [0.3, 0.4) is 0 Å². The summed E-state index contributed by atoms with van der Waals surface area (Å²) in [6, 6.07) is 11.7. The Hall–Kier alpha value is -1.45. The van der Waals surface area contributed by atoms with Gasteiger partial charge in [0.05, 0.1) is 5.52 Å². The minimum atomic E-state index is 0.579. The molecule has 2 atom stereocenters. The van der Waals surface area contributed by atoms with Gasteiger partial charge in [0.2, 0.25) is 0 Å². The molecule has 1 aliphatic rings. The number of para-hydroxylation sites is 1. The molecule has 1 aromatic carbocycles. The Morgan fingerprint density at radius 3 is 2.68 bits per heavy atom. The Morgan fingerprint density at radius 2 is 1.89 bits per heavy atom. The Labute approximate surface area is 114 Å². The highest BCUT2D eigenvalue weighted by Gasteiger charge is 2.24. The SMILES string of the molecule is CC1CNCC(C)N1Cc1ccnc2ccccc12. The predicted molar refractivity (Wildman–Crippen MR) is 79.1 cm³/mol. The lowest BCUT2D eigenvalue weighted by molar-refractivity contribution is 0.109. The summed E-state index contributed by atoms with van der Waals surface area (Å²) < 4.78 is 0. The van der Waals surface area contributed by atoms with Crippen LogP contribution in [0.25, 0.3) is 10.9 Å². The summed E-state index contributed by atoms with van der Waals surface area (Å²) in [6.07, 6.45) is 1.93. The first-order chi connectivity index (χ1) is 9.25. The monoisotopic (exact) mass is 255 g/mol. The zero-order chi connectivity index (χ0) is 13.2. The molecule has 0 bridgehead atoms. The zero-order valence-electron chi connectivity index (χ0n) is 11.6. The van der Waals surface area contributed by atoms with Crippen LogP contribution in [0.15, 0.2) is 36.5 Å². The molecule has 0 amide bonds. The third kappa shape index (κ3) is 2.48. The van der Waals surface area contributed by atoms with E-state index in [-0.39, 0.29) is 0 Å². The molecule has 0 saturated carbocycles. The number of pyridine rings is 1. The number of rotatable bonds is 2. The third-order valence-electron chi connectivity index (χ3n) is 4.10. The van der Waals surface area contributed by atoms with Crippen LogP contribution in [-0.2, 0) is 6.54 Å². The Bertz CT molecular complexity index is 551. The van der Waals surface area contributed by atoms with Gasteiger partial charge in [0.25, 0.3) is 0 Å². The molecule has 100 valence electrons.